The molecule has 0 saturated heterocycles. The smallest absolute Gasteiger partial charge is 0.356 e. The first-order chi connectivity index (χ1) is 8.00. The lowest BCUT2D eigenvalue weighted by molar-refractivity contribution is 0.0689. The summed E-state index contributed by atoms with van der Waals surface area (Å²) in [7, 11) is 0. The third-order valence-electron chi connectivity index (χ3n) is 2.59. The zero-order valence-corrected chi connectivity index (χ0v) is 11.0. The maximum Gasteiger partial charge on any atom is 0.356 e. The molecule has 1 aromatic carbocycles. The molecular formula is C12H11BrN2O2. The second-order valence-corrected chi connectivity index (χ2v) is 4.65. The van der Waals surface area contributed by atoms with Gasteiger partial charge in [0.2, 0.25) is 0 Å². The maximum absolute atomic E-state index is 10.9. The lowest BCUT2D eigenvalue weighted by Crippen LogP contribution is -2.03. The number of aromatic carboxylic acids is 1. The van der Waals surface area contributed by atoms with Gasteiger partial charge < -0.3 is 5.11 Å². The van der Waals surface area contributed by atoms with E-state index < -0.39 is 5.97 Å². The van der Waals surface area contributed by atoms with Crippen LogP contribution in [-0.4, -0.2) is 20.9 Å². The number of halogens is 1. The van der Waals surface area contributed by atoms with Crippen LogP contribution in [-0.2, 0) is 0 Å². The molecule has 0 aliphatic rings. The van der Waals surface area contributed by atoms with Crippen molar-refractivity contribution in [2.24, 2.45) is 0 Å². The van der Waals surface area contributed by atoms with Crippen LogP contribution in [0.25, 0.3) is 5.69 Å². The number of benzene rings is 1. The second-order valence-electron chi connectivity index (χ2n) is 3.79. The van der Waals surface area contributed by atoms with Crippen molar-refractivity contribution in [2.75, 3.05) is 0 Å². The molecule has 4 nitrogen and oxygen atoms in total. The van der Waals surface area contributed by atoms with Gasteiger partial charge in [-0.2, -0.15) is 5.10 Å². The average molecular weight is 295 g/mol. The first-order valence-electron chi connectivity index (χ1n) is 5.05. The van der Waals surface area contributed by atoms with Gasteiger partial charge in [-0.1, -0.05) is 22.0 Å². The summed E-state index contributed by atoms with van der Waals surface area (Å²) in [5, 5.41) is 13.0. The number of aryl methyl sites for hydroxylation is 1. The quantitative estimate of drug-likeness (QED) is 0.926. The van der Waals surface area contributed by atoms with E-state index in [0.717, 1.165) is 15.7 Å². The third kappa shape index (κ3) is 2.10. The van der Waals surface area contributed by atoms with E-state index in [1.807, 2.05) is 25.1 Å². The van der Waals surface area contributed by atoms with Crippen LogP contribution in [0.5, 0.6) is 0 Å². The summed E-state index contributed by atoms with van der Waals surface area (Å²) in [6.45, 7) is 3.69. The van der Waals surface area contributed by atoms with E-state index in [4.69, 9.17) is 5.11 Å². The van der Waals surface area contributed by atoms with Crippen molar-refractivity contribution in [3.8, 4) is 5.69 Å². The molecule has 0 saturated carbocycles. The molecule has 0 bridgehead atoms. The van der Waals surface area contributed by atoms with E-state index in [1.165, 1.54) is 0 Å². The number of carboxylic acid groups (broad SMARTS) is 1. The lowest BCUT2D eigenvalue weighted by Gasteiger charge is -2.06. The minimum atomic E-state index is -1.01. The average Bonchev–Trinajstić information content (AvgIpc) is 2.64. The molecule has 0 unspecified atom stereocenters. The SMILES string of the molecule is Cc1cn(-c2cccc(Br)c2C)nc1C(=O)O. The number of carboxylic acids is 1. The van der Waals surface area contributed by atoms with Crippen molar-refractivity contribution >= 4 is 21.9 Å². The molecule has 0 amide bonds. The predicted molar refractivity (Wildman–Crippen MR) is 67.7 cm³/mol. The predicted octanol–water partition coefficient (Wildman–Crippen LogP) is 2.95. The molecule has 17 heavy (non-hydrogen) atoms. The Morgan fingerprint density at radius 1 is 1.41 bits per heavy atom. The molecule has 2 aromatic rings. The minimum absolute atomic E-state index is 0.0874. The van der Waals surface area contributed by atoms with Gasteiger partial charge in [0.05, 0.1) is 5.69 Å². The van der Waals surface area contributed by atoms with Crippen molar-refractivity contribution < 1.29 is 9.90 Å². The molecule has 1 heterocycles. The summed E-state index contributed by atoms with van der Waals surface area (Å²) < 4.78 is 2.57. The molecule has 0 spiro atoms. The van der Waals surface area contributed by atoms with Crippen molar-refractivity contribution in [1.29, 1.82) is 0 Å². The van der Waals surface area contributed by atoms with Crippen molar-refractivity contribution in [2.45, 2.75) is 13.8 Å². The van der Waals surface area contributed by atoms with Gasteiger partial charge in [-0.05, 0) is 31.5 Å². The number of nitrogens with zero attached hydrogens (tertiary/aromatic N) is 2. The van der Waals surface area contributed by atoms with Crippen LogP contribution in [0.2, 0.25) is 0 Å². The molecule has 1 N–H and O–H groups in total. The minimum Gasteiger partial charge on any atom is -0.476 e. The van der Waals surface area contributed by atoms with Crippen molar-refractivity contribution in [3.05, 3.63) is 45.7 Å². The lowest BCUT2D eigenvalue weighted by atomic mass is 10.2. The van der Waals surface area contributed by atoms with Gasteiger partial charge in [0.1, 0.15) is 0 Å². The highest BCUT2D eigenvalue weighted by atomic mass is 79.9. The van der Waals surface area contributed by atoms with E-state index in [9.17, 15) is 4.79 Å². The number of carbonyl (C=O) groups is 1. The highest BCUT2D eigenvalue weighted by Crippen LogP contribution is 2.23. The summed E-state index contributed by atoms with van der Waals surface area (Å²) in [4.78, 5) is 10.9. The topological polar surface area (TPSA) is 55.1 Å². The van der Waals surface area contributed by atoms with Gasteiger partial charge in [0.25, 0.3) is 0 Å². The zero-order chi connectivity index (χ0) is 12.6. The Morgan fingerprint density at radius 3 is 2.71 bits per heavy atom. The Hall–Kier alpha value is -1.62. The van der Waals surface area contributed by atoms with Crippen LogP contribution in [0.15, 0.2) is 28.9 Å². The van der Waals surface area contributed by atoms with Crippen LogP contribution < -0.4 is 0 Å². The van der Waals surface area contributed by atoms with Gasteiger partial charge >= 0.3 is 5.97 Å². The van der Waals surface area contributed by atoms with Gasteiger partial charge in [0, 0.05) is 16.2 Å². The van der Waals surface area contributed by atoms with Crippen molar-refractivity contribution in [3.63, 3.8) is 0 Å². The Morgan fingerprint density at radius 2 is 2.12 bits per heavy atom. The van der Waals surface area contributed by atoms with Crippen LogP contribution in [0, 0.1) is 13.8 Å². The highest BCUT2D eigenvalue weighted by Gasteiger charge is 2.14. The Bertz CT molecular complexity index is 590. The van der Waals surface area contributed by atoms with E-state index in [0.29, 0.717) is 5.56 Å². The first kappa shape index (κ1) is 11.9. The number of hydrogen-bond donors (Lipinski definition) is 1. The summed E-state index contributed by atoms with van der Waals surface area (Å²) in [6.07, 6.45) is 1.72. The van der Waals surface area contributed by atoms with Crippen LogP contribution in [0.4, 0.5) is 0 Å². The highest BCUT2D eigenvalue weighted by molar-refractivity contribution is 9.10. The fourth-order valence-corrected chi connectivity index (χ4v) is 1.99. The van der Waals surface area contributed by atoms with Gasteiger partial charge in [-0.25, -0.2) is 9.48 Å². The number of aromatic nitrogens is 2. The van der Waals surface area contributed by atoms with Gasteiger partial charge in [-0.15, -0.1) is 0 Å². The van der Waals surface area contributed by atoms with Crippen LogP contribution >= 0.6 is 15.9 Å². The Kier molecular flexibility index (Phi) is 3.02. The molecule has 5 heteroatoms. The molecule has 0 radical (unpaired) electrons. The maximum atomic E-state index is 10.9. The molecule has 1 aromatic heterocycles. The van der Waals surface area contributed by atoms with Crippen LogP contribution in [0.1, 0.15) is 21.6 Å². The molecule has 0 fully saturated rings. The van der Waals surface area contributed by atoms with E-state index >= 15 is 0 Å². The third-order valence-corrected chi connectivity index (χ3v) is 3.44. The van der Waals surface area contributed by atoms with Gasteiger partial charge in [-0.3, -0.25) is 0 Å². The molecule has 0 aliphatic heterocycles. The Balaban J connectivity index is 2.58. The standard InChI is InChI=1S/C12H11BrN2O2/c1-7-6-15(14-11(7)12(16)17)10-5-3-4-9(13)8(10)2/h3-6H,1-2H3,(H,16,17). The van der Waals surface area contributed by atoms with E-state index in [2.05, 4.69) is 21.0 Å². The van der Waals surface area contributed by atoms with Crippen molar-refractivity contribution in [1.82, 2.24) is 9.78 Å². The molecule has 2 rings (SSSR count). The number of rotatable bonds is 2. The van der Waals surface area contributed by atoms with Crippen LogP contribution in [0.3, 0.4) is 0 Å². The second kappa shape index (κ2) is 4.33. The molecule has 0 atom stereocenters. The fourth-order valence-electron chi connectivity index (χ4n) is 1.64. The summed E-state index contributed by atoms with van der Waals surface area (Å²) in [5.41, 5.74) is 2.63. The first-order valence-corrected chi connectivity index (χ1v) is 5.85. The largest absolute Gasteiger partial charge is 0.476 e. The monoisotopic (exact) mass is 294 g/mol. The summed E-state index contributed by atoms with van der Waals surface area (Å²) in [5.74, 6) is -1.01. The Labute approximate surface area is 107 Å². The molecule has 0 aliphatic carbocycles. The van der Waals surface area contributed by atoms with Gasteiger partial charge in [0.15, 0.2) is 5.69 Å². The van der Waals surface area contributed by atoms with E-state index in [-0.39, 0.29) is 5.69 Å². The zero-order valence-electron chi connectivity index (χ0n) is 9.44. The fraction of sp³-hybridized carbons (Fsp3) is 0.167. The summed E-state index contributed by atoms with van der Waals surface area (Å²) >= 11 is 3.44. The normalized spacial score (nSPS) is 10.5. The molecular weight excluding hydrogens is 284 g/mol. The summed E-state index contributed by atoms with van der Waals surface area (Å²) in [6, 6.07) is 5.73. The number of hydrogen-bond acceptors (Lipinski definition) is 2. The van der Waals surface area contributed by atoms with E-state index in [1.54, 1.807) is 17.8 Å². The molecule has 88 valence electrons.